The van der Waals surface area contributed by atoms with Crippen molar-refractivity contribution < 1.29 is 40.6 Å². The summed E-state index contributed by atoms with van der Waals surface area (Å²) in [5.74, 6) is -1.64. The number of rotatable bonds is 13. The first-order chi connectivity index (χ1) is 18.4. The first-order valence-electron chi connectivity index (χ1n) is 14.5. The van der Waals surface area contributed by atoms with Crippen molar-refractivity contribution >= 4 is 5.97 Å². The summed E-state index contributed by atoms with van der Waals surface area (Å²) in [5, 5.41) is 0. The third-order valence-corrected chi connectivity index (χ3v) is 8.24. The Morgan fingerprint density at radius 1 is 0.925 bits per heavy atom. The largest absolute Gasteiger partial charge is 0.487 e. The SMILES string of the molecule is CC(=O)Oc1c(C)c2c(c(C)c1C(F)(F)F)OC(C)(CCCC(CCCC(C)CCCC(C)C)C(F)(F)F)CC2. The number of benzene rings is 1. The highest BCUT2D eigenvalue weighted by Crippen LogP contribution is 2.50. The van der Waals surface area contributed by atoms with Gasteiger partial charge >= 0.3 is 18.3 Å². The molecule has 1 aliphatic rings. The van der Waals surface area contributed by atoms with Crippen LogP contribution in [0.3, 0.4) is 0 Å². The fraction of sp³-hybridized carbons (Fsp3) is 0.774. The van der Waals surface area contributed by atoms with Crippen molar-refractivity contribution in [1.29, 1.82) is 0 Å². The van der Waals surface area contributed by atoms with Crippen molar-refractivity contribution in [2.75, 3.05) is 0 Å². The normalized spacial score (nSPS) is 19.2. The van der Waals surface area contributed by atoms with Gasteiger partial charge in [-0.3, -0.25) is 4.79 Å². The van der Waals surface area contributed by atoms with Gasteiger partial charge in [0.15, 0.2) is 0 Å². The Morgan fingerprint density at radius 2 is 1.50 bits per heavy atom. The molecule has 1 heterocycles. The second-order valence-corrected chi connectivity index (χ2v) is 12.4. The van der Waals surface area contributed by atoms with Gasteiger partial charge in [0.25, 0.3) is 0 Å². The zero-order valence-corrected chi connectivity index (χ0v) is 25.0. The maximum atomic E-state index is 14.0. The number of ether oxygens (including phenoxy) is 2. The first kappa shape index (κ1) is 34.3. The van der Waals surface area contributed by atoms with Crippen LogP contribution < -0.4 is 9.47 Å². The topological polar surface area (TPSA) is 35.5 Å². The predicted octanol–water partition coefficient (Wildman–Crippen LogP) is 10.3. The van der Waals surface area contributed by atoms with Crippen LogP contribution in [0.4, 0.5) is 26.3 Å². The van der Waals surface area contributed by atoms with Crippen LogP contribution in [0.15, 0.2) is 0 Å². The summed E-state index contributed by atoms with van der Waals surface area (Å²) < 4.78 is 94.5. The summed E-state index contributed by atoms with van der Waals surface area (Å²) in [6.07, 6.45) is -3.08. The van der Waals surface area contributed by atoms with Gasteiger partial charge in [-0.15, -0.1) is 0 Å². The number of carbonyl (C=O) groups is 1. The first-order valence-corrected chi connectivity index (χ1v) is 14.5. The van der Waals surface area contributed by atoms with E-state index in [0.29, 0.717) is 43.1 Å². The van der Waals surface area contributed by atoms with Crippen LogP contribution in [0.1, 0.15) is 121 Å². The van der Waals surface area contributed by atoms with E-state index in [2.05, 4.69) is 20.8 Å². The van der Waals surface area contributed by atoms with Crippen molar-refractivity contribution in [3.63, 3.8) is 0 Å². The van der Waals surface area contributed by atoms with Crippen LogP contribution in [0.25, 0.3) is 0 Å². The Morgan fingerprint density at radius 3 is 2.02 bits per heavy atom. The van der Waals surface area contributed by atoms with Gasteiger partial charge in [-0.25, -0.2) is 0 Å². The van der Waals surface area contributed by atoms with Gasteiger partial charge < -0.3 is 9.47 Å². The molecule has 0 radical (unpaired) electrons. The van der Waals surface area contributed by atoms with Gasteiger partial charge in [-0.2, -0.15) is 26.3 Å². The molecule has 0 spiro atoms. The number of hydrogen-bond acceptors (Lipinski definition) is 3. The van der Waals surface area contributed by atoms with E-state index in [0.717, 1.165) is 32.6 Å². The Kier molecular flexibility index (Phi) is 11.8. The molecule has 3 atom stereocenters. The van der Waals surface area contributed by atoms with Crippen LogP contribution in [0, 0.1) is 31.6 Å². The Bertz CT molecular complexity index is 999. The van der Waals surface area contributed by atoms with Gasteiger partial charge in [0, 0.05) is 18.1 Å². The van der Waals surface area contributed by atoms with Gasteiger partial charge in [0.2, 0.25) is 0 Å². The number of alkyl halides is 6. The quantitative estimate of drug-likeness (QED) is 0.132. The average molecular weight is 581 g/mol. The number of carbonyl (C=O) groups excluding carboxylic acids is 1. The molecule has 3 nitrogen and oxygen atoms in total. The van der Waals surface area contributed by atoms with E-state index in [1.807, 2.05) is 0 Å². The van der Waals surface area contributed by atoms with E-state index >= 15 is 0 Å². The fourth-order valence-corrected chi connectivity index (χ4v) is 5.85. The van der Waals surface area contributed by atoms with E-state index in [9.17, 15) is 31.1 Å². The highest BCUT2D eigenvalue weighted by Gasteiger charge is 2.44. The molecule has 1 aromatic rings. The standard InChI is InChI=1S/C31H46F6O3/c1-19(2)11-8-12-20(3)13-9-14-24(30(32,33)34)15-10-17-29(7)18-16-25-21(4)28(39-23(6)38)26(31(35,36)37)22(5)27(25)40-29/h19-20,24H,8-18H2,1-7H3. The Hall–Kier alpha value is -1.93. The molecule has 0 bridgehead atoms. The maximum absolute atomic E-state index is 14.0. The second-order valence-electron chi connectivity index (χ2n) is 12.4. The lowest BCUT2D eigenvalue weighted by Crippen LogP contribution is -2.37. The number of fused-ring (bicyclic) bond motifs is 1. The smallest absolute Gasteiger partial charge is 0.420 e. The second kappa shape index (κ2) is 13.8. The molecule has 230 valence electrons. The van der Waals surface area contributed by atoms with Gasteiger partial charge in [-0.05, 0) is 76.7 Å². The molecule has 1 aromatic carbocycles. The minimum Gasteiger partial charge on any atom is -0.487 e. The van der Waals surface area contributed by atoms with Crippen molar-refractivity contribution in [3.8, 4) is 11.5 Å². The summed E-state index contributed by atoms with van der Waals surface area (Å²) >= 11 is 0. The van der Waals surface area contributed by atoms with Crippen LogP contribution in [0.2, 0.25) is 0 Å². The van der Waals surface area contributed by atoms with Gasteiger partial charge in [0.05, 0.1) is 5.92 Å². The average Bonchev–Trinajstić information content (AvgIpc) is 2.79. The highest BCUT2D eigenvalue weighted by atomic mass is 19.4. The summed E-state index contributed by atoms with van der Waals surface area (Å²) in [4.78, 5) is 11.5. The molecule has 1 aliphatic heterocycles. The van der Waals surface area contributed by atoms with Crippen molar-refractivity contribution in [1.82, 2.24) is 0 Å². The van der Waals surface area contributed by atoms with Crippen molar-refractivity contribution in [3.05, 3.63) is 22.3 Å². The zero-order chi connectivity index (χ0) is 30.5. The van der Waals surface area contributed by atoms with Crippen molar-refractivity contribution in [2.45, 2.75) is 137 Å². The van der Waals surface area contributed by atoms with Crippen LogP contribution in [-0.4, -0.2) is 17.7 Å². The lowest BCUT2D eigenvalue weighted by atomic mass is 9.83. The number of halogens is 6. The summed E-state index contributed by atoms with van der Waals surface area (Å²) in [6, 6.07) is 0. The molecule has 0 N–H and O–H groups in total. The lowest BCUT2D eigenvalue weighted by molar-refractivity contribution is -0.179. The molecule has 3 unspecified atom stereocenters. The van der Waals surface area contributed by atoms with E-state index in [1.165, 1.54) is 13.8 Å². The van der Waals surface area contributed by atoms with Gasteiger partial charge in [0.1, 0.15) is 22.7 Å². The van der Waals surface area contributed by atoms with E-state index in [-0.39, 0.29) is 36.1 Å². The fourth-order valence-electron chi connectivity index (χ4n) is 5.85. The molecular weight excluding hydrogens is 534 g/mol. The molecular formula is C31H46F6O3. The van der Waals surface area contributed by atoms with Gasteiger partial charge in [-0.1, -0.05) is 52.9 Å². The molecule has 0 aromatic heterocycles. The van der Waals surface area contributed by atoms with Crippen LogP contribution in [-0.2, 0) is 17.4 Å². The van der Waals surface area contributed by atoms with E-state index in [4.69, 9.17) is 9.47 Å². The monoisotopic (exact) mass is 580 g/mol. The van der Waals surface area contributed by atoms with Crippen LogP contribution in [0.5, 0.6) is 11.5 Å². The van der Waals surface area contributed by atoms with Crippen molar-refractivity contribution in [2.24, 2.45) is 17.8 Å². The summed E-state index contributed by atoms with van der Waals surface area (Å²) in [6.45, 7) is 12.0. The molecule has 9 heteroatoms. The summed E-state index contributed by atoms with van der Waals surface area (Å²) in [7, 11) is 0. The minimum atomic E-state index is -4.78. The van der Waals surface area contributed by atoms with Crippen LogP contribution >= 0.6 is 0 Å². The van der Waals surface area contributed by atoms with E-state index < -0.39 is 41.2 Å². The lowest BCUT2D eigenvalue weighted by Gasteiger charge is -2.39. The molecule has 2 rings (SSSR count). The molecule has 0 saturated heterocycles. The highest BCUT2D eigenvalue weighted by molar-refractivity contribution is 5.72. The maximum Gasteiger partial charge on any atom is 0.420 e. The molecule has 40 heavy (non-hydrogen) atoms. The predicted molar refractivity (Wildman–Crippen MR) is 145 cm³/mol. The molecule has 0 saturated carbocycles. The number of esters is 1. The molecule has 0 amide bonds. The molecule has 0 fully saturated rings. The third-order valence-electron chi connectivity index (χ3n) is 8.24. The van der Waals surface area contributed by atoms with E-state index in [1.54, 1.807) is 6.92 Å². The minimum absolute atomic E-state index is 0.0335. The summed E-state index contributed by atoms with van der Waals surface area (Å²) in [5.41, 5.74) is -1.39. The zero-order valence-electron chi connectivity index (χ0n) is 25.0. The Balaban J connectivity index is 2.08. The number of hydrogen-bond donors (Lipinski definition) is 0. The third kappa shape index (κ3) is 9.57. The Labute approximate surface area is 235 Å². The molecule has 0 aliphatic carbocycles.